The molecule has 2 saturated heterocycles. The molecule has 8 nitrogen and oxygen atoms in total. The molecule has 1 aromatic heterocycles. The molecule has 1 atom stereocenters. The van der Waals surface area contributed by atoms with Crippen molar-refractivity contribution in [2.45, 2.75) is 19.8 Å². The zero-order valence-corrected chi connectivity index (χ0v) is 14.7. The highest BCUT2D eigenvalue weighted by atomic mass is 16.5. The van der Waals surface area contributed by atoms with Crippen molar-refractivity contribution in [1.82, 2.24) is 25.3 Å². The summed E-state index contributed by atoms with van der Waals surface area (Å²) >= 11 is 0. The first-order valence-corrected chi connectivity index (χ1v) is 8.79. The minimum Gasteiger partial charge on any atom is -0.381 e. The summed E-state index contributed by atoms with van der Waals surface area (Å²) in [5.41, 5.74) is 0. The van der Waals surface area contributed by atoms with Crippen molar-refractivity contribution in [2.24, 2.45) is 10.9 Å². The van der Waals surface area contributed by atoms with E-state index in [4.69, 9.17) is 9.26 Å². The van der Waals surface area contributed by atoms with E-state index in [-0.39, 0.29) is 0 Å². The van der Waals surface area contributed by atoms with Crippen molar-refractivity contribution in [2.75, 3.05) is 59.5 Å². The number of aryl methyl sites for hydroxylation is 1. The van der Waals surface area contributed by atoms with Gasteiger partial charge >= 0.3 is 0 Å². The number of aromatic nitrogens is 2. The highest BCUT2D eigenvalue weighted by molar-refractivity contribution is 5.80. The molecule has 3 rings (SSSR count). The summed E-state index contributed by atoms with van der Waals surface area (Å²) in [5, 5.41) is 7.20. The number of guanidine groups is 1. The van der Waals surface area contributed by atoms with Crippen LogP contribution in [0, 0.1) is 12.8 Å². The molecule has 0 spiro atoms. The average Bonchev–Trinajstić information content (AvgIpc) is 3.24. The van der Waals surface area contributed by atoms with E-state index in [9.17, 15) is 0 Å². The van der Waals surface area contributed by atoms with Crippen molar-refractivity contribution in [1.29, 1.82) is 0 Å². The first-order chi connectivity index (χ1) is 11.7. The highest BCUT2D eigenvalue weighted by Gasteiger charge is 2.23. The predicted molar refractivity (Wildman–Crippen MR) is 91.0 cm³/mol. The number of nitrogens with one attached hydrogen (secondary N) is 1. The second-order valence-corrected chi connectivity index (χ2v) is 6.48. The summed E-state index contributed by atoms with van der Waals surface area (Å²) in [6.07, 6.45) is 1.92. The minimum atomic E-state index is 0.666. The van der Waals surface area contributed by atoms with Gasteiger partial charge in [0.15, 0.2) is 11.8 Å². The van der Waals surface area contributed by atoms with E-state index in [1.54, 1.807) is 0 Å². The molecule has 134 valence electrons. The predicted octanol–water partition coefficient (Wildman–Crippen LogP) is 0.150. The number of hydrogen-bond donors (Lipinski definition) is 1. The standard InChI is InChI=1S/C16H28N6O2/c1-13-19-15(24-20-13)3-5-18-16(17-2)22-8-6-21(7-9-22)11-14-4-10-23-12-14/h14H,3-12H2,1-2H3,(H,17,18). The van der Waals surface area contributed by atoms with Gasteiger partial charge in [-0.05, 0) is 19.3 Å². The van der Waals surface area contributed by atoms with Crippen LogP contribution in [-0.4, -0.2) is 85.4 Å². The smallest absolute Gasteiger partial charge is 0.228 e. The van der Waals surface area contributed by atoms with Gasteiger partial charge in [-0.1, -0.05) is 5.16 Å². The van der Waals surface area contributed by atoms with Crippen molar-refractivity contribution < 1.29 is 9.26 Å². The van der Waals surface area contributed by atoms with Crippen LogP contribution in [0.5, 0.6) is 0 Å². The molecule has 0 aromatic carbocycles. The van der Waals surface area contributed by atoms with Gasteiger partial charge in [0.25, 0.3) is 0 Å². The first kappa shape index (κ1) is 17.2. The molecule has 3 heterocycles. The summed E-state index contributed by atoms with van der Waals surface area (Å²) in [4.78, 5) is 13.5. The van der Waals surface area contributed by atoms with E-state index >= 15 is 0 Å². The maximum Gasteiger partial charge on any atom is 0.228 e. The Kier molecular flexibility index (Phi) is 6.03. The zero-order valence-electron chi connectivity index (χ0n) is 14.7. The fraction of sp³-hybridized carbons (Fsp3) is 0.812. The monoisotopic (exact) mass is 336 g/mol. The lowest BCUT2D eigenvalue weighted by atomic mass is 10.1. The van der Waals surface area contributed by atoms with Gasteiger partial charge in [0.2, 0.25) is 5.89 Å². The van der Waals surface area contributed by atoms with Crippen molar-refractivity contribution in [3.05, 3.63) is 11.7 Å². The van der Waals surface area contributed by atoms with Crippen molar-refractivity contribution in [3.8, 4) is 0 Å². The Morgan fingerprint density at radius 2 is 2.17 bits per heavy atom. The number of rotatable bonds is 5. The van der Waals surface area contributed by atoms with E-state index in [1.807, 2.05) is 14.0 Å². The molecule has 0 bridgehead atoms. The van der Waals surface area contributed by atoms with Gasteiger partial charge in [0.1, 0.15) is 0 Å². The summed E-state index contributed by atoms with van der Waals surface area (Å²) < 4.78 is 10.6. The fourth-order valence-electron chi connectivity index (χ4n) is 3.29. The lowest BCUT2D eigenvalue weighted by molar-refractivity contribution is 0.139. The number of nitrogens with zero attached hydrogens (tertiary/aromatic N) is 5. The maximum atomic E-state index is 5.47. The Morgan fingerprint density at radius 3 is 2.79 bits per heavy atom. The lowest BCUT2D eigenvalue weighted by Crippen LogP contribution is -2.53. The molecule has 1 N–H and O–H groups in total. The Balaban J connectivity index is 1.38. The summed E-state index contributed by atoms with van der Waals surface area (Å²) in [7, 11) is 1.83. The third-order valence-corrected chi connectivity index (χ3v) is 4.62. The summed E-state index contributed by atoms with van der Waals surface area (Å²) in [5.74, 6) is 3.01. The van der Waals surface area contributed by atoms with Gasteiger partial charge < -0.3 is 19.5 Å². The van der Waals surface area contributed by atoms with E-state index in [0.717, 1.165) is 58.4 Å². The van der Waals surface area contributed by atoms with E-state index in [0.29, 0.717) is 24.1 Å². The lowest BCUT2D eigenvalue weighted by Gasteiger charge is -2.37. The van der Waals surface area contributed by atoms with Crippen LogP contribution in [0.3, 0.4) is 0 Å². The second kappa shape index (κ2) is 8.43. The molecular weight excluding hydrogens is 308 g/mol. The molecular formula is C16H28N6O2. The van der Waals surface area contributed by atoms with Crippen molar-refractivity contribution in [3.63, 3.8) is 0 Å². The molecule has 0 amide bonds. The molecule has 2 aliphatic rings. The Hall–Kier alpha value is -1.67. The van der Waals surface area contributed by atoms with Crippen LogP contribution in [0.1, 0.15) is 18.1 Å². The van der Waals surface area contributed by atoms with Crippen molar-refractivity contribution >= 4 is 5.96 Å². The topological polar surface area (TPSA) is 79.0 Å². The zero-order chi connectivity index (χ0) is 16.8. The summed E-state index contributed by atoms with van der Waals surface area (Å²) in [6, 6.07) is 0. The van der Waals surface area contributed by atoms with Crippen LogP contribution >= 0.6 is 0 Å². The fourth-order valence-corrected chi connectivity index (χ4v) is 3.29. The van der Waals surface area contributed by atoms with E-state index < -0.39 is 0 Å². The van der Waals surface area contributed by atoms with E-state index in [1.165, 1.54) is 6.42 Å². The van der Waals surface area contributed by atoms with Gasteiger partial charge in [-0.3, -0.25) is 9.89 Å². The highest BCUT2D eigenvalue weighted by Crippen LogP contribution is 2.15. The van der Waals surface area contributed by atoms with Gasteiger partial charge in [-0.2, -0.15) is 4.98 Å². The molecule has 8 heteroatoms. The molecule has 0 aliphatic carbocycles. The molecule has 0 saturated carbocycles. The van der Waals surface area contributed by atoms with Gasteiger partial charge in [-0.25, -0.2) is 0 Å². The third-order valence-electron chi connectivity index (χ3n) is 4.62. The molecule has 2 fully saturated rings. The average molecular weight is 336 g/mol. The van der Waals surface area contributed by atoms with Crippen LogP contribution in [0.4, 0.5) is 0 Å². The van der Waals surface area contributed by atoms with Gasteiger partial charge in [-0.15, -0.1) is 0 Å². The molecule has 1 unspecified atom stereocenters. The van der Waals surface area contributed by atoms with Crippen LogP contribution in [0.2, 0.25) is 0 Å². The first-order valence-electron chi connectivity index (χ1n) is 8.79. The van der Waals surface area contributed by atoms with E-state index in [2.05, 4.69) is 30.2 Å². The molecule has 2 aliphatic heterocycles. The van der Waals surface area contributed by atoms with Crippen LogP contribution in [-0.2, 0) is 11.2 Å². The quantitative estimate of drug-likeness (QED) is 0.606. The third kappa shape index (κ3) is 4.67. The van der Waals surface area contributed by atoms with Gasteiger partial charge in [0.05, 0.1) is 6.61 Å². The van der Waals surface area contributed by atoms with Crippen LogP contribution < -0.4 is 5.32 Å². The number of aliphatic imine (C=N–C) groups is 1. The minimum absolute atomic E-state index is 0.666. The Labute approximate surface area is 143 Å². The molecule has 0 radical (unpaired) electrons. The Morgan fingerprint density at radius 1 is 1.33 bits per heavy atom. The number of ether oxygens (including phenoxy) is 1. The second-order valence-electron chi connectivity index (χ2n) is 6.48. The number of piperazine rings is 1. The molecule has 24 heavy (non-hydrogen) atoms. The normalized spacial score (nSPS) is 23.0. The SMILES string of the molecule is CN=C(NCCc1nc(C)no1)N1CCN(CC2CCOC2)CC1. The van der Waals surface area contributed by atoms with Crippen LogP contribution in [0.25, 0.3) is 0 Å². The Bertz CT molecular complexity index is 532. The molecule has 1 aromatic rings. The summed E-state index contributed by atoms with van der Waals surface area (Å²) in [6.45, 7) is 9.78. The number of hydrogen-bond acceptors (Lipinski definition) is 6. The van der Waals surface area contributed by atoms with Gasteiger partial charge in [0, 0.05) is 59.3 Å². The largest absolute Gasteiger partial charge is 0.381 e. The maximum absolute atomic E-state index is 5.47. The van der Waals surface area contributed by atoms with Crippen LogP contribution in [0.15, 0.2) is 9.52 Å².